The Kier molecular flexibility index (Phi) is 5.22. The van der Waals surface area contributed by atoms with Crippen LogP contribution < -0.4 is 0 Å². The van der Waals surface area contributed by atoms with E-state index < -0.39 is 0 Å². The van der Waals surface area contributed by atoms with Crippen molar-refractivity contribution in [1.29, 1.82) is 0 Å². The van der Waals surface area contributed by atoms with Gasteiger partial charge in [0.1, 0.15) is 0 Å². The largest absolute Gasteiger partial charge is 0.361 e. The third kappa shape index (κ3) is 3.54. The van der Waals surface area contributed by atoms with Gasteiger partial charge in [-0.25, -0.2) is 0 Å². The number of benzene rings is 2. The molecule has 1 N–H and O–H groups in total. The van der Waals surface area contributed by atoms with E-state index in [1.54, 1.807) is 0 Å². The summed E-state index contributed by atoms with van der Waals surface area (Å²) in [6, 6.07) is 20.8. The number of hydrogen-bond donors (Lipinski definition) is 1. The minimum absolute atomic E-state index is 1.21. The minimum Gasteiger partial charge on any atom is -0.361 e. The number of hydrogen-bond acceptors (Lipinski definition) is 0. The molecule has 2 heterocycles. The van der Waals surface area contributed by atoms with Gasteiger partial charge in [-0.1, -0.05) is 50.2 Å². The van der Waals surface area contributed by atoms with E-state index >= 15 is 0 Å². The summed E-state index contributed by atoms with van der Waals surface area (Å²) < 4.78 is 2.12. The summed E-state index contributed by atoms with van der Waals surface area (Å²) in [6.07, 6.45) is 4.02. The van der Waals surface area contributed by atoms with Gasteiger partial charge in [0, 0.05) is 30.5 Å². The number of aromatic nitrogens is 2. The van der Waals surface area contributed by atoms with E-state index in [0.29, 0.717) is 0 Å². The van der Waals surface area contributed by atoms with E-state index in [1.165, 1.54) is 21.8 Å². The number of aromatic amines is 1. The molecule has 0 spiro atoms. The number of rotatable bonds is 0. The first-order chi connectivity index (χ1) is 10.3. The van der Waals surface area contributed by atoms with Crippen LogP contribution in [0.15, 0.2) is 73.1 Å². The molecule has 0 amide bonds. The molecule has 4 aromatic rings. The molecule has 0 atom stereocenters. The molecule has 0 fully saturated rings. The van der Waals surface area contributed by atoms with Crippen molar-refractivity contribution in [2.24, 2.45) is 7.05 Å². The fourth-order valence-electron chi connectivity index (χ4n) is 2.22. The lowest BCUT2D eigenvalue weighted by molar-refractivity contribution is 0.969. The molecule has 4 rings (SSSR count). The number of fused-ring (bicyclic) bond motifs is 2. The van der Waals surface area contributed by atoms with Crippen molar-refractivity contribution in [2.75, 3.05) is 0 Å². The van der Waals surface area contributed by atoms with Gasteiger partial charge in [0.25, 0.3) is 0 Å². The molecule has 0 aliphatic rings. The Morgan fingerprint density at radius 2 is 1.43 bits per heavy atom. The number of nitrogens with zero attached hydrogens (tertiary/aromatic N) is 1. The standard InChI is InChI=1S/C9H9N.C8H7N.C2H6/c1-10-7-6-8-4-2-3-5-9(8)10;1-2-4-8-7(3-1)5-6-9-8;1-2/h2-7H,1H3;1-6,9H;1-2H3. The fourth-order valence-corrected chi connectivity index (χ4v) is 2.22. The van der Waals surface area contributed by atoms with Crippen LogP contribution in [0.1, 0.15) is 13.8 Å². The topological polar surface area (TPSA) is 20.7 Å². The second-order valence-corrected chi connectivity index (χ2v) is 4.55. The highest BCUT2D eigenvalue weighted by molar-refractivity contribution is 5.80. The summed E-state index contributed by atoms with van der Waals surface area (Å²) in [7, 11) is 2.06. The maximum atomic E-state index is 3.12. The van der Waals surface area contributed by atoms with Gasteiger partial charge in [0.05, 0.1) is 0 Å². The van der Waals surface area contributed by atoms with Gasteiger partial charge in [-0.2, -0.15) is 0 Å². The van der Waals surface area contributed by atoms with Crippen LogP contribution in [0, 0.1) is 0 Å². The van der Waals surface area contributed by atoms with E-state index in [1.807, 2.05) is 32.2 Å². The average Bonchev–Trinajstić information content (AvgIpc) is 3.17. The van der Waals surface area contributed by atoms with E-state index in [0.717, 1.165) is 0 Å². The van der Waals surface area contributed by atoms with Crippen LogP contribution in [0.25, 0.3) is 21.8 Å². The second kappa shape index (κ2) is 7.34. The summed E-state index contributed by atoms with van der Waals surface area (Å²) in [5, 5.41) is 2.59. The molecule has 0 unspecified atom stereocenters. The smallest absolute Gasteiger partial charge is 0.0477 e. The normalized spacial score (nSPS) is 9.67. The lowest BCUT2D eigenvalue weighted by Crippen LogP contribution is -1.81. The number of para-hydroxylation sites is 2. The van der Waals surface area contributed by atoms with E-state index in [9.17, 15) is 0 Å². The molecule has 0 aliphatic carbocycles. The zero-order valence-corrected chi connectivity index (χ0v) is 12.9. The summed E-state index contributed by atoms with van der Waals surface area (Å²) in [5.74, 6) is 0. The van der Waals surface area contributed by atoms with Gasteiger partial charge in [0.15, 0.2) is 0 Å². The van der Waals surface area contributed by atoms with Gasteiger partial charge >= 0.3 is 0 Å². The molecule has 0 aliphatic heterocycles. The monoisotopic (exact) mass is 278 g/mol. The predicted octanol–water partition coefficient (Wildman–Crippen LogP) is 5.37. The summed E-state index contributed by atoms with van der Waals surface area (Å²) in [6.45, 7) is 4.00. The van der Waals surface area contributed by atoms with Crippen molar-refractivity contribution < 1.29 is 0 Å². The third-order valence-corrected chi connectivity index (χ3v) is 3.26. The highest BCUT2D eigenvalue weighted by Gasteiger charge is 1.92. The Bertz CT molecular complexity index is 763. The van der Waals surface area contributed by atoms with Gasteiger partial charge in [0.2, 0.25) is 0 Å². The van der Waals surface area contributed by atoms with E-state index in [-0.39, 0.29) is 0 Å². The van der Waals surface area contributed by atoms with Crippen LogP contribution in [-0.2, 0) is 7.05 Å². The molecule has 21 heavy (non-hydrogen) atoms. The van der Waals surface area contributed by atoms with Crippen LogP contribution >= 0.6 is 0 Å². The Morgan fingerprint density at radius 3 is 2.14 bits per heavy atom. The maximum Gasteiger partial charge on any atom is 0.0477 e. The van der Waals surface area contributed by atoms with Crippen LogP contribution in [0.2, 0.25) is 0 Å². The lowest BCUT2D eigenvalue weighted by atomic mass is 10.2. The molecular weight excluding hydrogens is 256 g/mol. The number of H-pyrrole nitrogens is 1. The van der Waals surface area contributed by atoms with E-state index in [2.05, 4.69) is 71.3 Å². The first-order valence-corrected chi connectivity index (χ1v) is 7.37. The van der Waals surface area contributed by atoms with Crippen molar-refractivity contribution >= 4 is 21.8 Å². The van der Waals surface area contributed by atoms with Gasteiger partial charge in [-0.3, -0.25) is 0 Å². The van der Waals surface area contributed by atoms with E-state index in [4.69, 9.17) is 0 Å². The maximum absolute atomic E-state index is 3.12. The Balaban J connectivity index is 0.000000138. The third-order valence-electron chi connectivity index (χ3n) is 3.26. The number of aryl methyl sites for hydroxylation is 1. The summed E-state index contributed by atoms with van der Waals surface area (Å²) >= 11 is 0. The highest BCUT2D eigenvalue weighted by atomic mass is 14.9. The average molecular weight is 278 g/mol. The van der Waals surface area contributed by atoms with Crippen molar-refractivity contribution in [3.05, 3.63) is 73.1 Å². The lowest BCUT2D eigenvalue weighted by Gasteiger charge is -1.92. The predicted molar refractivity (Wildman–Crippen MR) is 92.6 cm³/mol. The zero-order valence-electron chi connectivity index (χ0n) is 12.9. The second-order valence-electron chi connectivity index (χ2n) is 4.55. The highest BCUT2D eigenvalue weighted by Crippen LogP contribution is 2.12. The van der Waals surface area contributed by atoms with Gasteiger partial charge in [-0.15, -0.1) is 0 Å². The van der Waals surface area contributed by atoms with Crippen LogP contribution in [0.4, 0.5) is 0 Å². The summed E-state index contributed by atoms with van der Waals surface area (Å²) in [4.78, 5) is 3.12. The van der Waals surface area contributed by atoms with Crippen LogP contribution in [-0.4, -0.2) is 9.55 Å². The van der Waals surface area contributed by atoms with Gasteiger partial charge < -0.3 is 9.55 Å². The zero-order chi connectivity index (χ0) is 15.1. The van der Waals surface area contributed by atoms with Gasteiger partial charge in [-0.05, 0) is 35.0 Å². The molecule has 0 saturated heterocycles. The first-order valence-electron chi connectivity index (χ1n) is 7.37. The molecule has 2 aromatic carbocycles. The van der Waals surface area contributed by atoms with Crippen LogP contribution in [0.5, 0.6) is 0 Å². The minimum atomic E-state index is 1.21. The Hall–Kier alpha value is -2.48. The molecule has 0 radical (unpaired) electrons. The van der Waals surface area contributed by atoms with Crippen molar-refractivity contribution in [2.45, 2.75) is 13.8 Å². The molecule has 2 nitrogen and oxygen atoms in total. The molecule has 0 saturated carbocycles. The molecular formula is C19H22N2. The van der Waals surface area contributed by atoms with Crippen LogP contribution in [0.3, 0.4) is 0 Å². The molecule has 0 bridgehead atoms. The summed E-state index contributed by atoms with van der Waals surface area (Å²) in [5.41, 5.74) is 2.50. The molecule has 2 aromatic heterocycles. The Labute approximate surface area is 126 Å². The fraction of sp³-hybridized carbons (Fsp3) is 0.158. The van der Waals surface area contributed by atoms with Crippen molar-refractivity contribution in [1.82, 2.24) is 9.55 Å². The van der Waals surface area contributed by atoms with Crippen molar-refractivity contribution in [3.63, 3.8) is 0 Å². The van der Waals surface area contributed by atoms with Crippen molar-refractivity contribution in [3.8, 4) is 0 Å². The SMILES string of the molecule is CC.Cn1ccc2ccccc21.c1ccc2[nH]ccc2c1. The quantitative estimate of drug-likeness (QED) is 0.446. The molecule has 2 heteroatoms. The first kappa shape index (κ1) is 14.9. The number of nitrogens with one attached hydrogen (secondary N) is 1. The Morgan fingerprint density at radius 1 is 0.762 bits per heavy atom. The molecule has 108 valence electrons.